The molecular formula is C10H14BrNO6S. The molecule has 108 valence electrons. The Morgan fingerprint density at radius 1 is 1.47 bits per heavy atom. The van der Waals surface area contributed by atoms with E-state index in [4.69, 9.17) is 0 Å². The molecule has 2 heterocycles. The first-order valence-electron chi connectivity index (χ1n) is 5.59. The van der Waals surface area contributed by atoms with Crippen molar-refractivity contribution >= 4 is 37.6 Å². The van der Waals surface area contributed by atoms with Gasteiger partial charge in [0.15, 0.2) is 15.2 Å². The van der Waals surface area contributed by atoms with E-state index in [9.17, 15) is 28.2 Å². The lowest BCUT2D eigenvalue weighted by molar-refractivity contribution is -0.170. The number of carboxylic acids is 1. The lowest BCUT2D eigenvalue weighted by Crippen LogP contribution is -2.69. The number of aliphatic carboxylic acids is 1. The molecule has 2 rings (SSSR count). The topological polar surface area (TPSA) is 112 Å². The maximum atomic E-state index is 12.5. The highest BCUT2D eigenvalue weighted by molar-refractivity contribution is 9.10. The Bertz CT molecular complexity index is 571. The molecule has 2 saturated heterocycles. The average molecular weight is 356 g/mol. The maximum Gasteiger partial charge on any atom is 0.342 e. The molecule has 0 radical (unpaired) electrons. The molecule has 0 aromatic carbocycles. The first-order valence-corrected chi connectivity index (χ1v) is 7.93. The van der Waals surface area contributed by atoms with Crippen molar-refractivity contribution in [3.63, 3.8) is 0 Å². The van der Waals surface area contributed by atoms with Crippen molar-refractivity contribution in [1.82, 2.24) is 4.90 Å². The number of aliphatic hydroxyl groups is 1. The Kier molecular flexibility index (Phi) is 2.87. The zero-order valence-corrected chi connectivity index (χ0v) is 12.9. The Morgan fingerprint density at radius 2 is 1.95 bits per heavy atom. The number of carbonyl (C=O) groups excluding carboxylic acids is 1. The third kappa shape index (κ3) is 1.33. The van der Waals surface area contributed by atoms with E-state index in [1.165, 1.54) is 20.8 Å². The highest BCUT2D eigenvalue weighted by Gasteiger charge is 2.79. The number of halogens is 1. The number of hydrogen-bond acceptors (Lipinski definition) is 5. The summed E-state index contributed by atoms with van der Waals surface area (Å²) in [4.78, 5) is 24.3. The smallest absolute Gasteiger partial charge is 0.342 e. The zero-order chi connectivity index (χ0) is 15.0. The van der Waals surface area contributed by atoms with Crippen LogP contribution in [-0.4, -0.2) is 56.1 Å². The van der Waals surface area contributed by atoms with E-state index in [0.29, 0.717) is 0 Å². The first kappa shape index (κ1) is 14.7. The standard InChI is InChI=1S/C10H14BrNO6S/c1-4(13)5-6(14)12-7(5)19(17,18)9(2,3)10(12,11)8(15)16/h4-5,7,13H,1-3H3,(H,15,16)/t4-,5-,7-,10+/m1/s1. The zero-order valence-electron chi connectivity index (χ0n) is 10.5. The summed E-state index contributed by atoms with van der Waals surface area (Å²) >= 11 is 2.93. The van der Waals surface area contributed by atoms with Crippen LogP contribution < -0.4 is 0 Å². The number of sulfone groups is 1. The number of carbonyl (C=O) groups is 2. The van der Waals surface area contributed by atoms with Crippen molar-refractivity contribution in [2.45, 2.75) is 41.4 Å². The molecule has 9 heteroatoms. The third-order valence-electron chi connectivity index (χ3n) is 4.05. The van der Waals surface area contributed by atoms with Gasteiger partial charge in [0.05, 0.1) is 12.0 Å². The van der Waals surface area contributed by atoms with E-state index in [0.717, 1.165) is 4.90 Å². The molecule has 2 aliphatic heterocycles. The fourth-order valence-electron chi connectivity index (χ4n) is 2.73. The van der Waals surface area contributed by atoms with Gasteiger partial charge in [0.1, 0.15) is 4.75 Å². The van der Waals surface area contributed by atoms with E-state index < -0.39 is 48.3 Å². The number of rotatable bonds is 2. The molecule has 0 bridgehead atoms. The fraction of sp³-hybridized carbons (Fsp3) is 0.800. The number of hydrogen-bond donors (Lipinski definition) is 2. The van der Waals surface area contributed by atoms with Gasteiger partial charge in [-0.3, -0.25) is 9.69 Å². The quantitative estimate of drug-likeness (QED) is 0.393. The van der Waals surface area contributed by atoms with Crippen LogP contribution in [0, 0.1) is 5.92 Å². The Balaban J connectivity index is 2.67. The molecule has 2 fully saturated rings. The van der Waals surface area contributed by atoms with Crippen LogP contribution in [0.3, 0.4) is 0 Å². The first-order chi connectivity index (χ1) is 8.42. The molecule has 0 aromatic rings. The van der Waals surface area contributed by atoms with Gasteiger partial charge in [-0.2, -0.15) is 0 Å². The Morgan fingerprint density at radius 3 is 2.32 bits per heavy atom. The normalized spacial score (nSPS) is 40.5. The molecule has 0 spiro atoms. The number of aliphatic hydroxyl groups excluding tert-OH is 1. The van der Waals surface area contributed by atoms with Crippen molar-refractivity contribution in [3.05, 3.63) is 0 Å². The minimum atomic E-state index is -3.93. The van der Waals surface area contributed by atoms with Crippen LogP contribution in [0.2, 0.25) is 0 Å². The molecule has 2 N–H and O–H groups in total. The number of carboxylic acid groups (broad SMARTS) is 1. The molecule has 19 heavy (non-hydrogen) atoms. The summed E-state index contributed by atoms with van der Waals surface area (Å²) in [6.45, 7) is 3.84. The van der Waals surface area contributed by atoms with Crippen molar-refractivity contribution in [3.8, 4) is 0 Å². The molecule has 0 saturated carbocycles. The minimum absolute atomic E-state index is 0.673. The summed E-state index contributed by atoms with van der Waals surface area (Å²) in [6, 6.07) is 0. The number of amides is 1. The number of fused-ring (bicyclic) bond motifs is 1. The molecule has 0 unspecified atom stereocenters. The predicted molar refractivity (Wildman–Crippen MR) is 68.1 cm³/mol. The SMILES string of the molecule is C[C@@H](O)[C@@H]1C(=O)N2[C@@H]1S(=O)(=O)C(C)(C)[C@]2(Br)C(=O)O. The van der Waals surface area contributed by atoms with E-state index in [-0.39, 0.29) is 0 Å². The maximum absolute atomic E-state index is 12.5. The van der Waals surface area contributed by atoms with Crippen molar-refractivity contribution in [2.24, 2.45) is 5.92 Å². The van der Waals surface area contributed by atoms with Gasteiger partial charge in [-0.15, -0.1) is 0 Å². The third-order valence-corrected chi connectivity index (χ3v) is 8.88. The van der Waals surface area contributed by atoms with Crippen LogP contribution in [-0.2, 0) is 19.4 Å². The van der Waals surface area contributed by atoms with Gasteiger partial charge in [0.2, 0.25) is 10.4 Å². The van der Waals surface area contributed by atoms with Crippen LogP contribution >= 0.6 is 15.9 Å². The molecular weight excluding hydrogens is 342 g/mol. The minimum Gasteiger partial charge on any atom is -0.479 e. The van der Waals surface area contributed by atoms with E-state index in [2.05, 4.69) is 15.9 Å². The van der Waals surface area contributed by atoms with Crippen molar-refractivity contribution < 1.29 is 28.2 Å². The molecule has 0 aliphatic carbocycles. The van der Waals surface area contributed by atoms with E-state index in [1.807, 2.05) is 0 Å². The van der Waals surface area contributed by atoms with Gasteiger partial charge in [-0.25, -0.2) is 13.2 Å². The lowest BCUT2D eigenvalue weighted by atomic mass is 9.88. The monoisotopic (exact) mass is 355 g/mol. The summed E-state index contributed by atoms with van der Waals surface area (Å²) in [5, 5.41) is 17.6. The lowest BCUT2D eigenvalue weighted by Gasteiger charge is -2.47. The summed E-state index contributed by atoms with van der Waals surface area (Å²) in [5.74, 6) is -3.22. The summed E-state index contributed by atoms with van der Waals surface area (Å²) in [7, 11) is -3.93. The second-order valence-electron chi connectivity index (χ2n) is 5.35. The molecule has 4 atom stereocenters. The van der Waals surface area contributed by atoms with Crippen molar-refractivity contribution in [1.29, 1.82) is 0 Å². The highest BCUT2D eigenvalue weighted by atomic mass is 79.9. The van der Waals surface area contributed by atoms with E-state index >= 15 is 0 Å². The van der Waals surface area contributed by atoms with Gasteiger partial charge >= 0.3 is 5.97 Å². The van der Waals surface area contributed by atoms with Gasteiger partial charge in [-0.1, -0.05) is 0 Å². The van der Waals surface area contributed by atoms with Crippen molar-refractivity contribution in [2.75, 3.05) is 0 Å². The highest BCUT2D eigenvalue weighted by Crippen LogP contribution is 2.57. The van der Waals surface area contributed by atoms with Crippen LogP contribution in [0.15, 0.2) is 0 Å². The van der Waals surface area contributed by atoms with Gasteiger partial charge in [0, 0.05) is 0 Å². The predicted octanol–water partition coefficient (Wildman–Crippen LogP) is -0.466. The Labute approximate surface area is 118 Å². The average Bonchev–Trinajstić information content (AvgIpc) is 2.32. The van der Waals surface area contributed by atoms with Crippen LogP contribution in [0.25, 0.3) is 0 Å². The second kappa shape index (κ2) is 3.70. The van der Waals surface area contributed by atoms with Gasteiger partial charge < -0.3 is 10.2 Å². The molecule has 0 aromatic heterocycles. The number of β-lactam (4-membered cyclic amide) rings is 1. The summed E-state index contributed by atoms with van der Waals surface area (Å²) in [6.07, 6.45) is -1.15. The van der Waals surface area contributed by atoms with Crippen LogP contribution in [0.5, 0.6) is 0 Å². The van der Waals surface area contributed by atoms with Gasteiger partial charge in [-0.05, 0) is 36.7 Å². The largest absolute Gasteiger partial charge is 0.479 e. The van der Waals surface area contributed by atoms with E-state index in [1.54, 1.807) is 0 Å². The molecule has 7 nitrogen and oxygen atoms in total. The summed E-state index contributed by atoms with van der Waals surface area (Å²) in [5.41, 5.74) is 0. The Hall–Kier alpha value is -0.670. The molecule has 2 aliphatic rings. The summed E-state index contributed by atoms with van der Waals surface area (Å²) < 4.78 is 21.2. The number of nitrogens with zero attached hydrogens (tertiary/aromatic N) is 1. The number of alkyl halides is 1. The van der Waals surface area contributed by atoms with Gasteiger partial charge in [0.25, 0.3) is 0 Å². The fourth-order valence-corrected chi connectivity index (χ4v) is 6.37. The molecule has 1 amide bonds. The van der Waals surface area contributed by atoms with Crippen LogP contribution in [0.1, 0.15) is 20.8 Å². The van der Waals surface area contributed by atoms with Crippen LogP contribution in [0.4, 0.5) is 0 Å². The second-order valence-corrected chi connectivity index (χ2v) is 9.09.